The van der Waals surface area contributed by atoms with Crippen molar-refractivity contribution in [2.75, 3.05) is 5.01 Å². The molecule has 113 valence electrons. The predicted octanol–water partition coefficient (Wildman–Crippen LogP) is 2.58. The normalized spacial score (nSPS) is 14.0. The molecule has 0 atom stereocenters. The standard InChI is InChI=1S/C16H11N4O2S/c21-15-17-8-14(11-4-2-1-3-5-11)20(15)19-9-13(18-16(19)22)12-6-7-23-10-12/h1-10H,(H,18,22). The van der Waals surface area contributed by atoms with E-state index in [2.05, 4.69) is 10.3 Å². The summed E-state index contributed by atoms with van der Waals surface area (Å²) < 4.78 is 1.25. The SMILES string of the molecule is O=C1[N]C=C(c2ccccc2)N1n1cc(-c2ccsc2)[nH]c1=O. The number of amides is 2. The first-order valence-corrected chi connectivity index (χ1v) is 7.83. The molecule has 3 aromatic rings. The van der Waals surface area contributed by atoms with E-state index >= 15 is 0 Å². The third kappa shape index (κ3) is 2.27. The van der Waals surface area contributed by atoms with E-state index in [9.17, 15) is 9.59 Å². The lowest BCUT2D eigenvalue weighted by atomic mass is 10.2. The zero-order chi connectivity index (χ0) is 15.8. The molecule has 2 aromatic heterocycles. The first-order chi connectivity index (χ1) is 11.2. The Bertz CT molecular complexity index is 938. The number of aromatic nitrogens is 2. The molecule has 1 aromatic carbocycles. The van der Waals surface area contributed by atoms with Gasteiger partial charge in [-0.25, -0.2) is 9.59 Å². The number of carbonyl (C=O) groups is 1. The fourth-order valence-electron chi connectivity index (χ4n) is 2.44. The molecular formula is C16H11N4O2S. The number of benzene rings is 1. The number of nitrogens with one attached hydrogen (secondary N) is 1. The van der Waals surface area contributed by atoms with Crippen LogP contribution in [0, 0.1) is 0 Å². The first kappa shape index (κ1) is 13.6. The van der Waals surface area contributed by atoms with Crippen molar-refractivity contribution in [3.05, 3.63) is 75.6 Å². The van der Waals surface area contributed by atoms with Gasteiger partial charge in [-0.3, -0.25) is 0 Å². The lowest BCUT2D eigenvalue weighted by Gasteiger charge is -2.18. The third-order valence-corrected chi connectivity index (χ3v) is 4.21. The van der Waals surface area contributed by atoms with Crippen molar-refractivity contribution in [3.63, 3.8) is 0 Å². The summed E-state index contributed by atoms with van der Waals surface area (Å²) in [5.41, 5.74) is 2.54. The highest BCUT2D eigenvalue weighted by molar-refractivity contribution is 7.08. The Morgan fingerprint density at radius 2 is 1.87 bits per heavy atom. The molecule has 3 heterocycles. The van der Waals surface area contributed by atoms with E-state index in [0.717, 1.165) is 11.1 Å². The molecule has 0 unspecified atom stereocenters. The maximum Gasteiger partial charge on any atom is 0.367 e. The lowest BCUT2D eigenvalue weighted by molar-refractivity contribution is 0.248. The molecule has 1 aliphatic rings. The van der Waals surface area contributed by atoms with E-state index in [0.29, 0.717) is 11.4 Å². The van der Waals surface area contributed by atoms with Crippen molar-refractivity contribution >= 4 is 23.1 Å². The zero-order valence-electron chi connectivity index (χ0n) is 11.8. The number of imidazole rings is 1. The van der Waals surface area contributed by atoms with Gasteiger partial charge >= 0.3 is 11.7 Å². The minimum absolute atomic E-state index is 0.390. The summed E-state index contributed by atoms with van der Waals surface area (Å²) in [5, 5.41) is 8.94. The summed E-state index contributed by atoms with van der Waals surface area (Å²) in [4.78, 5) is 27.2. The lowest BCUT2D eigenvalue weighted by Crippen LogP contribution is -2.42. The molecule has 23 heavy (non-hydrogen) atoms. The molecular weight excluding hydrogens is 312 g/mol. The Kier molecular flexibility index (Phi) is 3.13. The van der Waals surface area contributed by atoms with Crippen molar-refractivity contribution in [2.24, 2.45) is 0 Å². The molecule has 6 nitrogen and oxygen atoms in total. The molecule has 4 rings (SSSR count). The fraction of sp³-hybridized carbons (Fsp3) is 0. The van der Waals surface area contributed by atoms with Gasteiger partial charge in [0.05, 0.1) is 23.8 Å². The van der Waals surface area contributed by atoms with E-state index in [1.165, 1.54) is 27.2 Å². The number of nitrogens with zero attached hydrogens (tertiary/aromatic N) is 3. The maximum absolute atomic E-state index is 12.3. The molecule has 1 N–H and O–H groups in total. The van der Waals surface area contributed by atoms with E-state index in [1.807, 2.05) is 47.2 Å². The molecule has 0 spiro atoms. The highest BCUT2D eigenvalue weighted by atomic mass is 32.1. The Hall–Kier alpha value is -3.06. The van der Waals surface area contributed by atoms with Crippen LogP contribution >= 0.6 is 11.3 Å². The van der Waals surface area contributed by atoms with Crippen LogP contribution in [0.25, 0.3) is 17.0 Å². The van der Waals surface area contributed by atoms with Gasteiger partial charge in [-0.05, 0) is 11.4 Å². The smallest absolute Gasteiger partial charge is 0.304 e. The van der Waals surface area contributed by atoms with Crippen LogP contribution in [0.4, 0.5) is 4.79 Å². The van der Waals surface area contributed by atoms with Crippen molar-refractivity contribution in [1.82, 2.24) is 15.0 Å². The van der Waals surface area contributed by atoms with Crippen LogP contribution < -0.4 is 16.0 Å². The van der Waals surface area contributed by atoms with Gasteiger partial charge in [0.25, 0.3) is 0 Å². The van der Waals surface area contributed by atoms with Crippen molar-refractivity contribution in [3.8, 4) is 11.3 Å². The molecule has 7 heteroatoms. The largest absolute Gasteiger partial charge is 0.367 e. The summed E-state index contributed by atoms with van der Waals surface area (Å²) in [6, 6.07) is 10.8. The summed E-state index contributed by atoms with van der Waals surface area (Å²) in [6.45, 7) is 0. The molecule has 1 aliphatic heterocycles. The summed E-state index contributed by atoms with van der Waals surface area (Å²) in [5.74, 6) is 0. The summed E-state index contributed by atoms with van der Waals surface area (Å²) in [6.07, 6.45) is 3.08. The monoisotopic (exact) mass is 323 g/mol. The number of hydrogen-bond acceptors (Lipinski definition) is 3. The van der Waals surface area contributed by atoms with Crippen molar-refractivity contribution in [2.45, 2.75) is 0 Å². The van der Waals surface area contributed by atoms with Crippen molar-refractivity contribution in [1.29, 1.82) is 0 Å². The van der Waals surface area contributed by atoms with E-state index in [4.69, 9.17) is 0 Å². The Balaban J connectivity index is 1.79. The van der Waals surface area contributed by atoms with Gasteiger partial charge < -0.3 is 4.98 Å². The van der Waals surface area contributed by atoms with Gasteiger partial charge in [0.1, 0.15) is 0 Å². The average molecular weight is 323 g/mol. The van der Waals surface area contributed by atoms with E-state index < -0.39 is 11.7 Å². The van der Waals surface area contributed by atoms with Crippen LogP contribution in [0.3, 0.4) is 0 Å². The van der Waals surface area contributed by atoms with Gasteiger partial charge in [0.2, 0.25) is 0 Å². The van der Waals surface area contributed by atoms with Crippen LogP contribution in [-0.4, -0.2) is 15.7 Å². The van der Waals surface area contributed by atoms with Gasteiger partial charge in [-0.2, -0.15) is 26.3 Å². The molecule has 0 fully saturated rings. The highest BCUT2D eigenvalue weighted by Crippen LogP contribution is 2.23. The summed E-state index contributed by atoms with van der Waals surface area (Å²) in [7, 11) is 0. The number of thiophene rings is 1. The Morgan fingerprint density at radius 3 is 2.61 bits per heavy atom. The molecule has 1 radical (unpaired) electrons. The molecule has 2 amide bonds. The number of urea groups is 1. The molecule has 0 aliphatic carbocycles. The van der Waals surface area contributed by atoms with Crippen LogP contribution in [0.2, 0.25) is 0 Å². The minimum atomic E-state index is -0.498. The van der Waals surface area contributed by atoms with Crippen LogP contribution in [-0.2, 0) is 0 Å². The number of hydrogen-bond donors (Lipinski definition) is 1. The summed E-state index contributed by atoms with van der Waals surface area (Å²) >= 11 is 1.54. The third-order valence-electron chi connectivity index (χ3n) is 3.52. The molecule has 0 bridgehead atoms. The number of aromatic amines is 1. The van der Waals surface area contributed by atoms with E-state index in [-0.39, 0.29) is 0 Å². The van der Waals surface area contributed by atoms with Gasteiger partial charge in [-0.1, -0.05) is 30.3 Å². The van der Waals surface area contributed by atoms with Crippen LogP contribution in [0.15, 0.2) is 64.3 Å². The fourth-order valence-corrected chi connectivity index (χ4v) is 3.10. The van der Waals surface area contributed by atoms with Gasteiger partial charge in [0.15, 0.2) is 0 Å². The average Bonchev–Trinajstić information content (AvgIpc) is 3.28. The number of rotatable bonds is 3. The van der Waals surface area contributed by atoms with Crippen LogP contribution in [0.5, 0.6) is 0 Å². The Morgan fingerprint density at radius 1 is 1.04 bits per heavy atom. The van der Waals surface area contributed by atoms with Crippen LogP contribution in [0.1, 0.15) is 5.56 Å². The Labute approximate surface area is 135 Å². The minimum Gasteiger partial charge on any atom is -0.304 e. The number of carbonyl (C=O) groups excluding carboxylic acids is 1. The molecule has 0 saturated heterocycles. The van der Waals surface area contributed by atoms with Gasteiger partial charge in [0, 0.05) is 16.5 Å². The second-order valence-corrected chi connectivity index (χ2v) is 5.71. The van der Waals surface area contributed by atoms with Gasteiger partial charge in [-0.15, -0.1) is 0 Å². The second-order valence-electron chi connectivity index (χ2n) is 4.93. The highest BCUT2D eigenvalue weighted by Gasteiger charge is 2.29. The molecule has 0 saturated carbocycles. The second kappa shape index (κ2) is 5.29. The maximum atomic E-state index is 12.3. The first-order valence-electron chi connectivity index (χ1n) is 6.89. The zero-order valence-corrected chi connectivity index (χ0v) is 12.7. The topological polar surface area (TPSA) is 72.2 Å². The number of H-pyrrole nitrogens is 1. The predicted molar refractivity (Wildman–Crippen MR) is 88.5 cm³/mol. The van der Waals surface area contributed by atoms with Crippen molar-refractivity contribution < 1.29 is 4.79 Å². The quantitative estimate of drug-likeness (QED) is 0.804. The van der Waals surface area contributed by atoms with E-state index in [1.54, 1.807) is 6.20 Å².